The minimum Gasteiger partial charge on any atom is -0.478 e. The van der Waals surface area contributed by atoms with Gasteiger partial charge in [0.25, 0.3) is 0 Å². The summed E-state index contributed by atoms with van der Waals surface area (Å²) in [6.07, 6.45) is 0. The summed E-state index contributed by atoms with van der Waals surface area (Å²) in [5, 5.41) is 8.75. The average molecular weight is 294 g/mol. The van der Waals surface area contributed by atoms with Crippen molar-refractivity contribution in [2.45, 2.75) is 10.6 Å². The second-order valence-electron chi connectivity index (χ2n) is 4.22. The van der Waals surface area contributed by atoms with Crippen LogP contribution in [-0.4, -0.2) is 19.5 Å². The molecular weight excluding hydrogens is 283 g/mol. The second-order valence-corrected chi connectivity index (χ2v) is 6.20. The minimum atomic E-state index is -3.58. The molecule has 0 saturated heterocycles. The number of hydrogen-bond donors (Lipinski definition) is 1. The smallest absolute Gasteiger partial charge is 0.335 e. The summed E-state index contributed by atoms with van der Waals surface area (Å²) >= 11 is 0. The van der Waals surface area contributed by atoms with E-state index in [0.717, 1.165) is 0 Å². The van der Waals surface area contributed by atoms with Crippen molar-refractivity contribution < 1.29 is 22.7 Å². The summed E-state index contributed by atoms with van der Waals surface area (Å²) in [4.78, 5) is 10.7. The zero-order valence-corrected chi connectivity index (χ0v) is 11.1. The standard InChI is InChI=1S/C14H11FO4S/c15-12-5-1-10(2-6-12)9-20(18,19)13-7-3-11(4-8-13)14(16)17/h1-8H,9H2,(H,16,17). The fourth-order valence-electron chi connectivity index (χ4n) is 1.69. The zero-order chi connectivity index (χ0) is 14.8. The number of halogens is 1. The quantitative estimate of drug-likeness (QED) is 0.940. The first-order chi connectivity index (χ1) is 9.38. The summed E-state index contributed by atoms with van der Waals surface area (Å²) in [6, 6.07) is 10.2. The van der Waals surface area contributed by atoms with Crippen molar-refractivity contribution in [1.82, 2.24) is 0 Å². The van der Waals surface area contributed by atoms with Crippen LogP contribution < -0.4 is 0 Å². The fourth-order valence-corrected chi connectivity index (χ4v) is 3.04. The maximum atomic E-state index is 12.8. The Kier molecular flexibility index (Phi) is 3.85. The Morgan fingerprint density at radius 1 is 1.00 bits per heavy atom. The highest BCUT2D eigenvalue weighted by molar-refractivity contribution is 7.90. The van der Waals surface area contributed by atoms with Crippen LogP contribution in [0.3, 0.4) is 0 Å². The molecule has 4 nitrogen and oxygen atoms in total. The second kappa shape index (κ2) is 5.42. The Labute approximate surface area is 115 Å². The monoisotopic (exact) mass is 294 g/mol. The molecule has 0 heterocycles. The van der Waals surface area contributed by atoms with Crippen molar-refractivity contribution in [2.24, 2.45) is 0 Å². The molecule has 2 aromatic rings. The van der Waals surface area contributed by atoms with E-state index in [0.29, 0.717) is 5.56 Å². The van der Waals surface area contributed by atoms with Crippen LogP contribution in [0, 0.1) is 5.82 Å². The molecule has 0 aliphatic carbocycles. The predicted molar refractivity (Wildman–Crippen MR) is 70.7 cm³/mol. The van der Waals surface area contributed by atoms with Crippen LogP contribution in [0.15, 0.2) is 53.4 Å². The molecule has 0 spiro atoms. The van der Waals surface area contributed by atoms with Crippen molar-refractivity contribution in [3.8, 4) is 0 Å². The van der Waals surface area contributed by atoms with E-state index in [-0.39, 0.29) is 16.2 Å². The number of aromatic carboxylic acids is 1. The average Bonchev–Trinajstić information content (AvgIpc) is 2.41. The van der Waals surface area contributed by atoms with E-state index in [2.05, 4.69) is 0 Å². The first-order valence-electron chi connectivity index (χ1n) is 5.69. The number of hydrogen-bond acceptors (Lipinski definition) is 3. The van der Waals surface area contributed by atoms with E-state index >= 15 is 0 Å². The van der Waals surface area contributed by atoms with Gasteiger partial charge in [-0.05, 0) is 42.0 Å². The van der Waals surface area contributed by atoms with Crippen LogP contribution >= 0.6 is 0 Å². The highest BCUT2D eigenvalue weighted by Crippen LogP contribution is 2.17. The Morgan fingerprint density at radius 3 is 2.05 bits per heavy atom. The molecule has 20 heavy (non-hydrogen) atoms. The zero-order valence-electron chi connectivity index (χ0n) is 10.3. The van der Waals surface area contributed by atoms with Gasteiger partial charge < -0.3 is 5.11 Å². The molecule has 1 N–H and O–H groups in total. The summed E-state index contributed by atoms with van der Waals surface area (Å²) in [5.74, 6) is -1.82. The number of carbonyl (C=O) groups is 1. The third-order valence-electron chi connectivity index (χ3n) is 2.73. The minimum absolute atomic E-state index is 0.0192. The molecule has 0 saturated carbocycles. The summed E-state index contributed by atoms with van der Waals surface area (Å²) in [7, 11) is -3.58. The topological polar surface area (TPSA) is 71.4 Å². The van der Waals surface area contributed by atoms with Gasteiger partial charge >= 0.3 is 5.97 Å². The molecule has 0 aromatic heterocycles. The van der Waals surface area contributed by atoms with E-state index in [1.165, 1.54) is 48.5 Å². The van der Waals surface area contributed by atoms with Crippen LogP contribution in [0.5, 0.6) is 0 Å². The number of carboxylic acids is 1. The lowest BCUT2D eigenvalue weighted by Gasteiger charge is -2.05. The maximum Gasteiger partial charge on any atom is 0.335 e. The van der Waals surface area contributed by atoms with Gasteiger partial charge in [-0.3, -0.25) is 0 Å². The van der Waals surface area contributed by atoms with Gasteiger partial charge in [0.05, 0.1) is 16.2 Å². The van der Waals surface area contributed by atoms with Crippen LogP contribution in [0.1, 0.15) is 15.9 Å². The Hall–Kier alpha value is -2.21. The van der Waals surface area contributed by atoms with Gasteiger partial charge in [0.1, 0.15) is 5.82 Å². The lowest BCUT2D eigenvalue weighted by atomic mass is 10.2. The van der Waals surface area contributed by atoms with Crippen molar-refractivity contribution in [3.63, 3.8) is 0 Å². The third-order valence-corrected chi connectivity index (χ3v) is 4.43. The normalized spacial score (nSPS) is 11.2. The molecule has 0 radical (unpaired) electrons. The molecule has 0 fully saturated rings. The van der Waals surface area contributed by atoms with Crippen molar-refractivity contribution in [2.75, 3.05) is 0 Å². The largest absolute Gasteiger partial charge is 0.478 e. The molecule has 2 aromatic carbocycles. The molecule has 0 atom stereocenters. The molecule has 0 unspecified atom stereocenters. The van der Waals surface area contributed by atoms with E-state index in [1.54, 1.807) is 0 Å². The molecule has 0 amide bonds. The van der Waals surface area contributed by atoms with Crippen molar-refractivity contribution in [3.05, 3.63) is 65.5 Å². The summed E-state index contributed by atoms with van der Waals surface area (Å²) < 4.78 is 37.0. The van der Waals surface area contributed by atoms with Crippen LogP contribution in [0.4, 0.5) is 4.39 Å². The lowest BCUT2D eigenvalue weighted by Crippen LogP contribution is -2.06. The highest BCUT2D eigenvalue weighted by atomic mass is 32.2. The Balaban J connectivity index is 2.26. The number of sulfone groups is 1. The molecule has 6 heteroatoms. The van der Waals surface area contributed by atoms with E-state index in [9.17, 15) is 17.6 Å². The predicted octanol–water partition coefficient (Wildman–Crippen LogP) is 2.50. The number of benzene rings is 2. The van der Waals surface area contributed by atoms with Crippen LogP contribution in [0.2, 0.25) is 0 Å². The molecule has 104 valence electrons. The van der Waals surface area contributed by atoms with Gasteiger partial charge in [-0.25, -0.2) is 17.6 Å². The molecule has 0 aliphatic heterocycles. The molecule has 2 rings (SSSR count). The summed E-state index contributed by atoms with van der Waals surface area (Å²) in [6.45, 7) is 0. The van der Waals surface area contributed by atoms with Gasteiger partial charge in [-0.15, -0.1) is 0 Å². The maximum absolute atomic E-state index is 12.8. The van der Waals surface area contributed by atoms with E-state index < -0.39 is 21.6 Å². The first kappa shape index (κ1) is 14.2. The van der Waals surface area contributed by atoms with Crippen molar-refractivity contribution in [1.29, 1.82) is 0 Å². The van der Waals surface area contributed by atoms with E-state index in [1.807, 2.05) is 0 Å². The van der Waals surface area contributed by atoms with Gasteiger partial charge in [0.15, 0.2) is 9.84 Å². The van der Waals surface area contributed by atoms with Gasteiger partial charge in [-0.1, -0.05) is 12.1 Å². The van der Waals surface area contributed by atoms with Gasteiger partial charge in [0, 0.05) is 0 Å². The molecule has 0 aliphatic rings. The van der Waals surface area contributed by atoms with Gasteiger partial charge in [-0.2, -0.15) is 0 Å². The SMILES string of the molecule is O=C(O)c1ccc(S(=O)(=O)Cc2ccc(F)cc2)cc1. The Morgan fingerprint density at radius 2 is 1.55 bits per heavy atom. The third kappa shape index (κ3) is 3.21. The Bertz CT molecular complexity index is 719. The van der Waals surface area contributed by atoms with Crippen molar-refractivity contribution >= 4 is 15.8 Å². The van der Waals surface area contributed by atoms with Crippen LogP contribution in [-0.2, 0) is 15.6 Å². The highest BCUT2D eigenvalue weighted by Gasteiger charge is 2.16. The molecule has 0 bridgehead atoms. The fraction of sp³-hybridized carbons (Fsp3) is 0.0714. The number of rotatable bonds is 4. The van der Waals surface area contributed by atoms with Crippen LogP contribution in [0.25, 0.3) is 0 Å². The summed E-state index contributed by atoms with van der Waals surface area (Å²) in [5.41, 5.74) is 0.486. The molecular formula is C14H11FO4S. The lowest BCUT2D eigenvalue weighted by molar-refractivity contribution is 0.0696. The number of carboxylic acid groups (broad SMARTS) is 1. The van der Waals surface area contributed by atoms with E-state index in [4.69, 9.17) is 5.11 Å². The first-order valence-corrected chi connectivity index (χ1v) is 7.34. The van der Waals surface area contributed by atoms with Gasteiger partial charge in [0.2, 0.25) is 0 Å².